The lowest BCUT2D eigenvalue weighted by Crippen LogP contribution is -2.53. The maximum atomic E-state index is 12.6. The molecule has 0 heterocycles. The van der Waals surface area contributed by atoms with Gasteiger partial charge in [0.2, 0.25) is 23.6 Å². The Hall–Kier alpha value is -2.45. The number of carbonyl (C=O) groups is 5. The highest BCUT2D eigenvalue weighted by molar-refractivity contribution is 5.92. The zero-order chi connectivity index (χ0) is 22.9. The van der Waals surface area contributed by atoms with Gasteiger partial charge >= 0.3 is 0 Å². The smallest absolute Gasteiger partial charge is 0.243 e. The number of nitrogens with two attached hydrogens (primary N) is 2. The lowest BCUT2D eigenvalue weighted by molar-refractivity contribution is -0.132. The van der Waals surface area contributed by atoms with E-state index in [9.17, 15) is 24.0 Å². The van der Waals surface area contributed by atoms with Crippen molar-refractivity contribution < 1.29 is 24.0 Å². The maximum absolute atomic E-state index is 12.6. The van der Waals surface area contributed by atoms with E-state index in [1.807, 2.05) is 0 Å². The van der Waals surface area contributed by atoms with Crippen molar-refractivity contribution in [3.05, 3.63) is 0 Å². The van der Waals surface area contributed by atoms with Crippen LogP contribution in [0.3, 0.4) is 0 Å². The molecule has 0 aromatic heterocycles. The summed E-state index contributed by atoms with van der Waals surface area (Å²) in [5.41, 5.74) is 10.4. The molecule has 0 saturated carbocycles. The van der Waals surface area contributed by atoms with Gasteiger partial charge in [0.25, 0.3) is 0 Å². The van der Waals surface area contributed by atoms with Crippen LogP contribution in [0.4, 0.5) is 0 Å². The summed E-state index contributed by atoms with van der Waals surface area (Å²) in [5.74, 6) is -2.43. The van der Waals surface area contributed by atoms with Gasteiger partial charge in [-0.15, -0.1) is 0 Å². The number of carbonyl (C=O) groups excluding carboxylic acids is 5. The Labute approximate surface area is 179 Å². The third-order valence-corrected chi connectivity index (χ3v) is 4.78. The highest BCUT2D eigenvalue weighted by Crippen LogP contribution is 2.09. The summed E-state index contributed by atoms with van der Waals surface area (Å²) in [6.45, 7) is 3.53. The summed E-state index contributed by atoms with van der Waals surface area (Å²) in [6, 6.07) is -2.04. The fourth-order valence-electron chi connectivity index (χ4n) is 2.97. The van der Waals surface area contributed by atoms with E-state index >= 15 is 0 Å². The van der Waals surface area contributed by atoms with E-state index in [0.29, 0.717) is 6.42 Å². The van der Waals surface area contributed by atoms with Crippen LogP contribution in [0, 0.1) is 0 Å². The fourth-order valence-corrected chi connectivity index (χ4v) is 2.97. The molecule has 2 atom stereocenters. The summed E-state index contributed by atoms with van der Waals surface area (Å²) in [7, 11) is 0. The Morgan fingerprint density at radius 3 is 1.83 bits per heavy atom. The van der Waals surface area contributed by atoms with Gasteiger partial charge in [-0.2, -0.15) is 0 Å². The number of ketones is 1. The SMILES string of the molecule is CCCCCCCCCC(=O)NC(CCC(N)=O)C(=O)NC(CCC(C)=O)C(N)=O. The molecule has 2 unspecified atom stereocenters. The van der Waals surface area contributed by atoms with Crippen molar-refractivity contribution >= 4 is 29.4 Å². The molecule has 0 radical (unpaired) electrons. The Morgan fingerprint density at radius 1 is 0.733 bits per heavy atom. The topological polar surface area (TPSA) is 161 Å². The van der Waals surface area contributed by atoms with Gasteiger partial charge in [0, 0.05) is 19.3 Å². The second kappa shape index (κ2) is 16.4. The highest BCUT2D eigenvalue weighted by atomic mass is 16.2. The van der Waals surface area contributed by atoms with Gasteiger partial charge in [0.05, 0.1) is 0 Å². The molecule has 9 nitrogen and oxygen atoms in total. The molecule has 172 valence electrons. The lowest BCUT2D eigenvalue weighted by atomic mass is 10.1. The van der Waals surface area contributed by atoms with Crippen LogP contribution in [-0.4, -0.2) is 41.5 Å². The maximum Gasteiger partial charge on any atom is 0.243 e. The molecule has 0 aliphatic heterocycles. The van der Waals surface area contributed by atoms with Crippen LogP contribution in [0.1, 0.15) is 90.9 Å². The molecular weight excluding hydrogens is 388 g/mol. The lowest BCUT2D eigenvalue weighted by Gasteiger charge is -2.21. The van der Waals surface area contributed by atoms with Gasteiger partial charge in [0.15, 0.2) is 0 Å². The van der Waals surface area contributed by atoms with E-state index < -0.39 is 29.8 Å². The van der Waals surface area contributed by atoms with Gasteiger partial charge in [-0.1, -0.05) is 45.4 Å². The number of amides is 4. The molecule has 0 saturated heterocycles. The summed E-state index contributed by atoms with van der Waals surface area (Å²) >= 11 is 0. The molecule has 0 aromatic carbocycles. The van der Waals surface area contributed by atoms with Crippen molar-refractivity contribution in [1.29, 1.82) is 0 Å². The van der Waals surface area contributed by atoms with E-state index in [2.05, 4.69) is 17.6 Å². The van der Waals surface area contributed by atoms with Crippen LogP contribution >= 0.6 is 0 Å². The summed E-state index contributed by atoms with van der Waals surface area (Å²) < 4.78 is 0. The number of Topliss-reactive ketones (excluding diaryl/α,β-unsaturated/α-hetero) is 1. The number of nitrogens with one attached hydrogen (secondary N) is 2. The second-order valence-electron chi connectivity index (χ2n) is 7.70. The molecule has 30 heavy (non-hydrogen) atoms. The minimum absolute atomic E-state index is 0.0160. The van der Waals surface area contributed by atoms with Crippen LogP contribution in [0.5, 0.6) is 0 Å². The number of primary amides is 2. The molecule has 0 aliphatic rings. The molecular formula is C21H38N4O5. The van der Waals surface area contributed by atoms with Gasteiger partial charge in [0.1, 0.15) is 17.9 Å². The van der Waals surface area contributed by atoms with E-state index in [4.69, 9.17) is 11.5 Å². The van der Waals surface area contributed by atoms with Crippen molar-refractivity contribution in [1.82, 2.24) is 10.6 Å². The monoisotopic (exact) mass is 426 g/mol. The summed E-state index contributed by atoms with van der Waals surface area (Å²) in [6.07, 6.45) is 7.82. The first-order valence-electron chi connectivity index (χ1n) is 10.8. The van der Waals surface area contributed by atoms with Crippen molar-refractivity contribution in [2.75, 3.05) is 0 Å². The molecule has 0 bridgehead atoms. The first-order chi connectivity index (χ1) is 14.2. The van der Waals surface area contributed by atoms with E-state index in [0.717, 1.165) is 19.3 Å². The van der Waals surface area contributed by atoms with E-state index in [1.165, 1.54) is 26.2 Å². The van der Waals surface area contributed by atoms with Crippen LogP contribution in [0.2, 0.25) is 0 Å². The Bertz CT molecular complexity index is 580. The quantitative estimate of drug-likeness (QED) is 0.242. The predicted octanol–water partition coefficient (Wildman–Crippen LogP) is 1.22. The highest BCUT2D eigenvalue weighted by Gasteiger charge is 2.26. The third-order valence-electron chi connectivity index (χ3n) is 4.78. The molecule has 4 amide bonds. The standard InChI is InChI=1S/C21H38N4O5/c1-3-4-5-6-7-8-9-10-19(28)24-17(13-14-18(22)27)21(30)25-16(20(23)29)12-11-15(2)26/h16-17H,3-14H2,1-2H3,(H2,22,27)(H2,23,29)(H,24,28)(H,25,30). The van der Waals surface area contributed by atoms with Crippen molar-refractivity contribution in [2.24, 2.45) is 11.5 Å². The van der Waals surface area contributed by atoms with Crippen molar-refractivity contribution in [2.45, 2.75) is 103 Å². The Kier molecular flexibility index (Phi) is 15.0. The van der Waals surface area contributed by atoms with Crippen molar-refractivity contribution in [3.8, 4) is 0 Å². The molecule has 0 fully saturated rings. The Balaban J connectivity index is 4.66. The minimum atomic E-state index is -1.03. The van der Waals surface area contributed by atoms with Gasteiger partial charge in [-0.05, 0) is 26.2 Å². The first-order valence-corrected chi connectivity index (χ1v) is 10.8. The van der Waals surface area contributed by atoms with Gasteiger partial charge < -0.3 is 26.9 Å². The summed E-state index contributed by atoms with van der Waals surface area (Å²) in [4.78, 5) is 58.6. The van der Waals surface area contributed by atoms with E-state index in [-0.39, 0.29) is 43.8 Å². The molecule has 0 rings (SSSR count). The third kappa shape index (κ3) is 14.5. The average molecular weight is 427 g/mol. The van der Waals surface area contributed by atoms with Crippen LogP contribution in [-0.2, 0) is 24.0 Å². The second-order valence-corrected chi connectivity index (χ2v) is 7.70. The largest absolute Gasteiger partial charge is 0.370 e. The number of hydrogen-bond acceptors (Lipinski definition) is 5. The van der Waals surface area contributed by atoms with E-state index in [1.54, 1.807) is 0 Å². The fraction of sp³-hybridized carbons (Fsp3) is 0.762. The Morgan fingerprint density at radius 2 is 1.30 bits per heavy atom. The molecule has 0 aromatic rings. The predicted molar refractivity (Wildman–Crippen MR) is 114 cm³/mol. The first kappa shape index (κ1) is 27.5. The number of rotatable bonds is 18. The zero-order valence-electron chi connectivity index (χ0n) is 18.3. The minimum Gasteiger partial charge on any atom is -0.370 e. The molecule has 9 heteroatoms. The molecule has 6 N–H and O–H groups in total. The van der Waals surface area contributed by atoms with Crippen LogP contribution < -0.4 is 22.1 Å². The van der Waals surface area contributed by atoms with Gasteiger partial charge in [-0.25, -0.2) is 0 Å². The normalized spacial score (nSPS) is 12.6. The van der Waals surface area contributed by atoms with Gasteiger partial charge in [-0.3, -0.25) is 19.2 Å². The van der Waals surface area contributed by atoms with Crippen LogP contribution in [0.15, 0.2) is 0 Å². The average Bonchev–Trinajstić information content (AvgIpc) is 2.66. The van der Waals surface area contributed by atoms with Crippen molar-refractivity contribution in [3.63, 3.8) is 0 Å². The number of hydrogen-bond donors (Lipinski definition) is 4. The zero-order valence-corrected chi connectivity index (χ0v) is 18.3. The molecule has 0 aliphatic carbocycles. The van der Waals surface area contributed by atoms with Crippen LogP contribution in [0.25, 0.3) is 0 Å². The molecule has 0 spiro atoms. The number of unbranched alkanes of at least 4 members (excludes halogenated alkanes) is 6. The summed E-state index contributed by atoms with van der Waals surface area (Å²) in [5, 5.41) is 5.08.